The molecule has 0 atom stereocenters. The Labute approximate surface area is 179 Å². The van der Waals surface area contributed by atoms with E-state index in [1.807, 2.05) is 70.1 Å². The summed E-state index contributed by atoms with van der Waals surface area (Å²) in [7, 11) is 5.39. The van der Waals surface area contributed by atoms with Gasteiger partial charge in [-0.3, -0.25) is 9.59 Å². The molecule has 7 nitrogen and oxygen atoms in total. The molecule has 164 valence electrons. The van der Waals surface area contributed by atoms with Gasteiger partial charge in [-0.2, -0.15) is 0 Å². The van der Waals surface area contributed by atoms with Crippen LogP contribution in [0.5, 0.6) is 0 Å². The molecule has 1 aromatic heterocycles. The van der Waals surface area contributed by atoms with Crippen LogP contribution in [0.15, 0.2) is 41.0 Å². The van der Waals surface area contributed by atoms with Crippen LogP contribution in [0, 0.1) is 5.41 Å². The van der Waals surface area contributed by atoms with E-state index in [1.54, 1.807) is 11.2 Å². The average molecular weight is 416 g/mol. The van der Waals surface area contributed by atoms with Crippen LogP contribution in [0.1, 0.15) is 38.5 Å². The number of nitrogens with zero attached hydrogens (tertiary/aromatic N) is 2. The second-order valence-electron chi connectivity index (χ2n) is 8.79. The van der Waals surface area contributed by atoms with Crippen molar-refractivity contribution in [1.82, 2.24) is 4.90 Å². The van der Waals surface area contributed by atoms with Gasteiger partial charge in [0.05, 0.1) is 12.8 Å². The van der Waals surface area contributed by atoms with Crippen LogP contribution < -0.4 is 10.2 Å². The molecule has 0 spiro atoms. The molecule has 0 fully saturated rings. The lowest BCUT2D eigenvalue weighted by molar-refractivity contribution is -0.134. The molecule has 0 aliphatic rings. The number of hydrogen-bond acceptors (Lipinski definition) is 5. The standard InChI is InChI=1S/C23H33N3O4/c1-23(2,3)13-22(28)26(15-19-8-7-11-30-19)14-17-12-18(24-21(27)16-29-6)9-10-20(17)25(4)5/h7-12H,13-16H2,1-6H3,(H,24,27). The number of methoxy groups -OCH3 is 1. The van der Waals surface area contributed by atoms with Crippen molar-refractivity contribution >= 4 is 23.2 Å². The zero-order chi connectivity index (χ0) is 22.3. The van der Waals surface area contributed by atoms with Gasteiger partial charge in [0.15, 0.2) is 0 Å². The first-order chi connectivity index (χ1) is 14.1. The van der Waals surface area contributed by atoms with Gasteiger partial charge in [-0.1, -0.05) is 20.8 Å². The van der Waals surface area contributed by atoms with E-state index in [0.29, 0.717) is 25.2 Å². The first kappa shape index (κ1) is 23.5. The molecule has 0 saturated heterocycles. The normalized spacial score (nSPS) is 11.3. The number of ether oxygens (including phenoxy) is 1. The van der Waals surface area contributed by atoms with Crippen molar-refractivity contribution in [2.24, 2.45) is 5.41 Å². The lowest BCUT2D eigenvalue weighted by Crippen LogP contribution is -2.33. The summed E-state index contributed by atoms with van der Waals surface area (Å²) in [4.78, 5) is 28.8. The maximum absolute atomic E-state index is 13.1. The van der Waals surface area contributed by atoms with E-state index in [1.165, 1.54) is 7.11 Å². The number of rotatable bonds is 9. The van der Waals surface area contributed by atoms with Crippen LogP contribution in [-0.2, 0) is 27.4 Å². The van der Waals surface area contributed by atoms with E-state index in [-0.39, 0.29) is 23.8 Å². The Hall–Kier alpha value is -2.80. The van der Waals surface area contributed by atoms with E-state index in [0.717, 1.165) is 17.0 Å². The average Bonchev–Trinajstić information content (AvgIpc) is 3.13. The van der Waals surface area contributed by atoms with E-state index in [9.17, 15) is 9.59 Å². The van der Waals surface area contributed by atoms with Gasteiger partial charge in [-0.05, 0) is 41.3 Å². The number of carbonyl (C=O) groups excluding carboxylic acids is 2. The SMILES string of the molecule is COCC(=O)Nc1ccc(N(C)C)c(CN(Cc2ccco2)C(=O)CC(C)(C)C)c1. The van der Waals surface area contributed by atoms with Crippen LogP contribution in [-0.4, -0.2) is 44.5 Å². The van der Waals surface area contributed by atoms with Crippen LogP contribution >= 0.6 is 0 Å². The first-order valence-corrected chi connectivity index (χ1v) is 9.98. The molecule has 0 aliphatic heterocycles. The van der Waals surface area contributed by atoms with Crippen LogP contribution in [0.25, 0.3) is 0 Å². The van der Waals surface area contributed by atoms with E-state index < -0.39 is 0 Å². The highest BCUT2D eigenvalue weighted by Crippen LogP contribution is 2.27. The van der Waals surface area contributed by atoms with Crippen molar-refractivity contribution < 1.29 is 18.7 Å². The molecule has 7 heteroatoms. The molecule has 2 aromatic rings. The Balaban J connectivity index is 2.33. The highest BCUT2D eigenvalue weighted by Gasteiger charge is 2.23. The second kappa shape index (κ2) is 10.3. The number of anilines is 2. The molecule has 0 aliphatic carbocycles. The fourth-order valence-corrected chi connectivity index (χ4v) is 3.15. The zero-order valence-electron chi connectivity index (χ0n) is 18.8. The van der Waals surface area contributed by atoms with Gasteiger partial charge >= 0.3 is 0 Å². The van der Waals surface area contributed by atoms with Crippen molar-refractivity contribution in [3.63, 3.8) is 0 Å². The first-order valence-electron chi connectivity index (χ1n) is 9.98. The predicted octanol–water partition coefficient (Wildman–Crippen LogP) is 3.90. The zero-order valence-corrected chi connectivity index (χ0v) is 18.8. The molecule has 2 rings (SSSR count). The second-order valence-corrected chi connectivity index (χ2v) is 8.79. The summed E-state index contributed by atoms with van der Waals surface area (Å²) < 4.78 is 10.4. The molecule has 30 heavy (non-hydrogen) atoms. The molecule has 0 radical (unpaired) electrons. The smallest absolute Gasteiger partial charge is 0.250 e. The largest absolute Gasteiger partial charge is 0.467 e. The maximum atomic E-state index is 13.1. The fraction of sp³-hybridized carbons (Fsp3) is 0.478. The lowest BCUT2D eigenvalue weighted by Gasteiger charge is -2.28. The van der Waals surface area contributed by atoms with Crippen molar-refractivity contribution in [1.29, 1.82) is 0 Å². The number of hydrogen-bond donors (Lipinski definition) is 1. The quantitative estimate of drug-likeness (QED) is 0.672. The maximum Gasteiger partial charge on any atom is 0.250 e. The Kier molecular flexibility index (Phi) is 8.06. The molecule has 0 unspecified atom stereocenters. The molecular weight excluding hydrogens is 382 g/mol. The molecular formula is C23H33N3O4. The summed E-state index contributed by atoms with van der Waals surface area (Å²) in [5.74, 6) is 0.558. The minimum atomic E-state index is -0.225. The highest BCUT2D eigenvalue weighted by atomic mass is 16.5. The topological polar surface area (TPSA) is 75.0 Å². The summed E-state index contributed by atoms with van der Waals surface area (Å²) in [5.41, 5.74) is 2.45. The van der Waals surface area contributed by atoms with E-state index in [4.69, 9.17) is 9.15 Å². The third kappa shape index (κ3) is 7.22. The highest BCUT2D eigenvalue weighted by molar-refractivity contribution is 5.92. The Morgan fingerprint density at radius 1 is 1.13 bits per heavy atom. The van der Waals surface area contributed by atoms with Crippen molar-refractivity contribution in [3.05, 3.63) is 47.9 Å². The molecule has 2 amide bonds. The third-order valence-corrected chi connectivity index (χ3v) is 4.44. The van der Waals surface area contributed by atoms with Gasteiger partial charge in [0.25, 0.3) is 0 Å². The predicted molar refractivity (Wildman–Crippen MR) is 118 cm³/mol. The van der Waals surface area contributed by atoms with Crippen molar-refractivity contribution in [2.75, 3.05) is 38.0 Å². The number of benzene rings is 1. The van der Waals surface area contributed by atoms with E-state index >= 15 is 0 Å². The molecule has 1 aromatic carbocycles. The van der Waals surface area contributed by atoms with E-state index in [2.05, 4.69) is 5.32 Å². The minimum absolute atomic E-state index is 0.0144. The summed E-state index contributed by atoms with van der Waals surface area (Å²) in [6, 6.07) is 9.38. The monoisotopic (exact) mass is 415 g/mol. The minimum Gasteiger partial charge on any atom is -0.467 e. The Bertz CT molecular complexity index is 839. The Morgan fingerprint density at radius 3 is 2.43 bits per heavy atom. The van der Waals surface area contributed by atoms with Gasteiger partial charge in [0, 0.05) is 45.5 Å². The van der Waals surface area contributed by atoms with Gasteiger partial charge in [0.2, 0.25) is 11.8 Å². The van der Waals surface area contributed by atoms with Gasteiger partial charge in [0.1, 0.15) is 12.4 Å². The number of furan rings is 1. The van der Waals surface area contributed by atoms with Gasteiger partial charge in [-0.25, -0.2) is 0 Å². The van der Waals surface area contributed by atoms with Crippen molar-refractivity contribution in [2.45, 2.75) is 40.3 Å². The fourth-order valence-electron chi connectivity index (χ4n) is 3.15. The summed E-state index contributed by atoms with van der Waals surface area (Å²) in [6.45, 7) is 6.92. The molecule has 0 bridgehead atoms. The number of carbonyl (C=O) groups is 2. The molecule has 0 saturated carbocycles. The summed E-state index contributed by atoms with van der Waals surface area (Å²) >= 11 is 0. The molecule has 1 heterocycles. The third-order valence-electron chi connectivity index (χ3n) is 4.44. The summed E-state index contributed by atoms with van der Waals surface area (Å²) in [6.07, 6.45) is 2.04. The lowest BCUT2D eigenvalue weighted by atomic mass is 9.91. The van der Waals surface area contributed by atoms with Gasteiger partial charge in [-0.15, -0.1) is 0 Å². The number of amides is 2. The molecule has 1 N–H and O–H groups in total. The van der Waals surface area contributed by atoms with Gasteiger partial charge < -0.3 is 24.3 Å². The van der Waals surface area contributed by atoms with Crippen molar-refractivity contribution in [3.8, 4) is 0 Å². The Morgan fingerprint density at radius 2 is 1.87 bits per heavy atom. The summed E-state index contributed by atoms with van der Waals surface area (Å²) in [5, 5.41) is 2.83. The van der Waals surface area contributed by atoms with Crippen LogP contribution in [0.2, 0.25) is 0 Å². The number of nitrogens with one attached hydrogen (secondary N) is 1. The van der Waals surface area contributed by atoms with Crippen LogP contribution in [0.4, 0.5) is 11.4 Å². The van der Waals surface area contributed by atoms with Crippen LogP contribution in [0.3, 0.4) is 0 Å².